The van der Waals surface area contributed by atoms with Crippen LogP contribution in [0.25, 0.3) is 5.52 Å². The van der Waals surface area contributed by atoms with Gasteiger partial charge in [0, 0.05) is 30.3 Å². The topological polar surface area (TPSA) is 50.5 Å². The maximum absolute atomic E-state index is 12.4. The van der Waals surface area contributed by atoms with Crippen molar-refractivity contribution in [1.82, 2.24) is 19.5 Å². The van der Waals surface area contributed by atoms with Gasteiger partial charge in [-0.25, -0.2) is 4.52 Å². The molecule has 1 fully saturated rings. The molecule has 0 aliphatic carbocycles. The van der Waals surface area contributed by atoms with Gasteiger partial charge in [-0.15, -0.1) is 0 Å². The average molecular weight is 309 g/mol. The molecular formula is C12H13BrN4O. The number of amides is 1. The maximum atomic E-state index is 12.4. The van der Waals surface area contributed by atoms with E-state index in [2.05, 4.69) is 26.0 Å². The summed E-state index contributed by atoms with van der Waals surface area (Å²) >= 11 is 3.59. The van der Waals surface area contributed by atoms with E-state index in [1.807, 2.05) is 4.90 Å². The summed E-state index contributed by atoms with van der Waals surface area (Å²) in [6.07, 6.45) is 8.71. The number of hydrogen-bond acceptors (Lipinski definition) is 3. The molecule has 3 rings (SSSR count). The number of carbonyl (C=O) groups is 1. The Morgan fingerprint density at radius 1 is 1.33 bits per heavy atom. The van der Waals surface area contributed by atoms with Gasteiger partial charge < -0.3 is 4.90 Å². The largest absolute Gasteiger partial charge is 0.338 e. The van der Waals surface area contributed by atoms with Crippen LogP contribution in [-0.4, -0.2) is 43.3 Å². The molecule has 0 spiro atoms. The van der Waals surface area contributed by atoms with Gasteiger partial charge in [-0.3, -0.25) is 9.78 Å². The van der Waals surface area contributed by atoms with Crippen molar-refractivity contribution in [3.8, 4) is 0 Å². The molecule has 1 amide bonds. The lowest BCUT2D eigenvalue weighted by molar-refractivity contribution is 0.0730. The Morgan fingerprint density at radius 3 is 2.89 bits per heavy atom. The minimum Gasteiger partial charge on any atom is -0.338 e. The highest BCUT2D eigenvalue weighted by Gasteiger charge is 2.24. The fourth-order valence-corrected chi connectivity index (χ4v) is 2.63. The molecule has 0 radical (unpaired) electrons. The van der Waals surface area contributed by atoms with Crippen molar-refractivity contribution in [3.63, 3.8) is 0 Å². The summed E-state index contributed by atoms with van der Waals surface area (Å²) in [5.74, 6) is 0.0531. The second kappa shape index (κ2) is 4.68. The van der Waals surface area contributed by atoms with Crippen LogP contribution in [0.3, 0.4) is 0 Å². The average Bonchev–Trinajstić information content (AvgIpc) is 2.82. The van der Waals surface area contributed by atoms with Gasteiger partial charge >= 0.3 is 0 Å². The highest BCUT2D eigenvalue weighted by Crippen LogP contribution is 2.20. The van der Waals surface area contributed by atoms with Gasteiger partial charge in [0.15, 0.2) is 0 Å². The molecule has 0 bridgehead atoms. The van der Waals surface area contributed by atoms with Crippen LogP contribution in [-0.2, 0) is 0 Å². The summed E-state index contributed by atoms with van der Waals surface area (Å²) < 4.78 is 1.68. The molecule has 2 aromatic heterocycles. The summed E-state index contributed by atoms with van der Waals surface area (Å²) in [5.41, 5.74) is 1.40. The second-order valence-electron chi connectivity index (χ2n) is 4.43. The first-order valence-electron chi connectivity index (χ1n) is 5.96. The molecule has 1 aliphatic heterocycles. The first kappa shape index (κ1) is 11.6. The molecule has 0 unspecified atom stereocenters. The molecule has 1 aliphatic rings. The van der Waals surface area contributed by atoms with E-state index in [9.17, 15) is 4.79 Å². The van der Waals surface area contributed by atoms with Crippen LogP contribution in [0.5, 0.6) is 0 Å². The minimum atomic E-state index is 0.0531. The van der Waals surface area contributed by atoms with Gasteiger partial charge in [0.05, 0.1) is 23.5 Å². The number of alkyl halides is 1. The van der Waals surface area contributed by atoms with Gasteiger partial charge in [-0.2, -0.15) is 5.10 Å². The Labute approximate surface area is 113 Å². The molecule has 18 heavy (non-hydrogen) atoms. The SMILES string of the molecule is O=C(c1cnn2ccncc12)N1CCC(Br)CC1. The smallest absolute Gasteiger partial charge is 0.257 e. The quantitative estimate of drug-likeness (QED) is 0.754. The first-order valence-corrected chi connectivity index (χ1v) is 6.88. The summed E-state index contributed by atoms with van der Waals surface area (Å²) in [4.78, 5) is 18.9. The molecule has 2 aromatic rings. The van der Waals surface area contributed by atoms with Crippen molar-refractivity contribution in [3.05, 3.63) is 30.4 Å². The van der Waals surface area contributed by atoms with Crippen molar-refractivity contribution in [2.45, 2.75) is 17.7 Å². The van der Waals surface area contributed by atoms with E-state index in [4.69, 9.17) is 0 Å². The molecule has 0 atom stereocenters. The van der Waals surface area contributed by atoms with Crippen LogP contribution in [0.1, 0.15) is 23.2 Å². The predicted molar refractivity (Wildman–Crippen MR) is 70.8 cm³/mol. The molecule has 0 aromatic carbocycles. The molecule has 3 heterocycles. The molecule has 0 saturated carbocycles. The van der Waals surface area contributed by atoms with Crippen molar-refractivity contribution in [2.24, 2.45) is 0 Å². The second-order valence-corrected chi connectivity index (χ2v) is 5.73. The lowest BCUT2D eigenvalue weighted by atomic mass is 10.1. The molecule has 6 heteroatoms. The van der Waals surface area contributed by atoms with Crippen LogP contribution >= 0.6 is 15.9 Å². The van der Waals surface area contributed by atoms with E-state index in [0.717, 1.165) is 31.4 Å². The van der Waals surface area contributed by atoms with Gasteiger partial charge in [0.2, 0.25) is 0 Å². The van der Waals surface area contributed by atoms with E-state index >= 15 is 0 Å². The van der Waals surface area contributed by atoms with Gasteiger partial charge in [0.25, 0.3) is 5.91 Å². The van der Waals surface area contributed by atoms with Crippen LogP contribution in [0, 0.1) is 0 Å². The van der Waals surface area contributed by atoms with Crippen LogP contribution in [0.15, 0.2) is 24.8 Å². The summed E-state index contributed by atoms with van der Waals surface area (Å²) in [6, 6.07) is 0. The van der Waals surface area contributed by atoms with E-state index in [1.54, 1.807) is 29.3 Å². The maximum Gasteiger partial charge on any atom is 0.257 e. The van der Waals surface area contributed by atoms with Crippen LogP contribution in [0.4, 0.5) is 0 Å². The standard InChI is InChI=1S/C12H13BrN4O/c13-9-1-4-16(5-2-9)12(18)10-7-15-17-6-3-14-8-11(10)17/h3,6-9H,1-2,4-5H2. The Balaban J connectivity index is 1.88. The predicted octanol–water partition coefficient (Wildman–Crippen LogP) is 1.73. The number of aromatic nitrogens is 3. The van der Waals surface area contributed by atoms with Gasteiger partial charge in [-0.1, -0.05) is 15.9 Å². The zero-order valence-corrected chi connectivity index (χ0v) is 11.4. The number of nitrogens with zero attached hydrogens (tertiary/aromatic N) is 4. The zero-order chi connectivity index (χ0) is 12.5. The number of hydrogen-bond donors (Lipinski definition) is 0. The third-order valence-electron chi connectivity index (χ3n) is 3.27. The lowest BCUT2D eigenvalue weighted by Crippen LogP contribution is -2.38. The highest BCUT2D eigenvalue weighted by atomic mass is 79.9. The lowest BCUT2D eigenvalue weighted by Gasteiger charge is -2.29. The number of rotatable bonds is 1. The molecule has 94 valence electrons. The number of carbonyl (C=O) groups excluding carboxylic acids is 1. The molecule has 1 saturated heterocycles. The Morgan fingerprint density at radius 2 is 2.11 bits per heavy atom. The minimum absolute atomic E-state index is 0.0531. The van der Waals surface area contributed by atoms with E-state index < -0.39 is 0 Å². The normalized spacial score (nSPS) is 17.3. The Bertz CT molecular complexity index is 574. The summed E-state index contributed by atoms with van der Waals surface area (Å²) in [7, 11) is 0. The molecule has 0 N–H and O–H groups in total. The van der Waals surface area contributed by atoms with Crippen molar-refractivity contribution in [1.29, 1.82) is 0 Å². The monoisotopic (exact) mass is 308 g/mol. The van der Waals surface area contributed by atoms with Crippen LogP contribution in [0.2, 0.25) is 0 Å². The molecular weight excluding hydrogens is 296 g/mol. The van der Waals surface area contributed by atoms with Gasteiger partial charge in [0.1, 0.15) is 0 Å². The molecule has 5 nitrogen and oxygen atoms in total. The third-order valence-corrected chi connectivity index (χ3v) is 4.18. The zero-order valence-electron chi connectivity index (χ0n) is 9.79. The fraction of sp³-hybridized carbons (Fsp3) is 0.417. The van der Waals surface area contributed by atoms with Gasteiger partial charge in [-0.05, 0) is 12.8 Å². The summed E-state index contributed by atoms with van der Waals surface area (Å²) in [6.45, 7) is 1.60. The summed E-state index contributed by atoms with van der Waals surface area (Å²) in [5, 5.41) is 4.17. The number of fused-ring (bicyclic) bond motifs is 1. The van der Waals surface area contributed by atoms with Crippen molar-refractivity contribution >= 4 is 27.4 Å². The number of piperidine rings is 1. The van der Waals surface area contributed by atoms with E-state index in [0.29, 0.717) is 10.4 Å². The fourth-order valence-electron chi connectivity index (χ4n) is 2.22. The van der Waals surface area contributed by atoms with E-state index in [-0.39, 0.29) is 5.91 Å². The van der Waals surface area contributed by atoms with Crippen molar-refractivity contribution < 1.29 is 4.79 Å². The third kappa shape index (κ3) is 2.01. The number of halogens is 1. The van der Waals surface area contributed by atoms with Crippen LogP contribution < -0.4 is 0 Å². The number of likely N-dealkylation sites (tertiary alicyclic amines) is 1. The van der Waals surface area contributed by atoms with Crippen molar-refractivity contribution in [2.75, 3.05) is 13.1 Å². The Kier molecular flexibility index (Phi) is 3.03. The first-order chi connectivity index (χ1) is 8.75. The Hall–Kier alpha value is -1.43. The van der Waals surface area contributed by atoms with E-state index in [1.165, 1.54) is 0 Å². The highest BCUT2D eigenvalue weighted by molar-refractivity contribution is 9.09.